The highest BCUT2D eigenvalue weighted by atomic mass is 35.5. The second-order valence-corrected chi connectivity index (χ2v) is 10.8. The standard InChI is InChI=1S/C28H31ClN2O7S/c1-5-6-15-38-28(33)20-8-10-21(11-9-20)30-27(32)18-31(22-12-14-24(36-3)23(29)17-22)39(34,35)26-16-19(2)7-13-25(26)37-4/h7-14,16-17H,5-6,15,18H2,1-4H3,(H,30,32). The second-order valence-electron chi connectivity index (χ2n) is 8.60. The lowest BCUT2D eigenvalue weighted by Gasteiger charge is -2.25. The van der Waals surface area contributed by atoms with Gasteiger partial charge in [-0.05, 0) is 73.5 Å². The number of aryl methyl sites for hydroxylation is 1. The van der Waals surface area contributed by atoms with Gasteiger partial charge in [0.1, 0.15) is 22.9 Å². The number of amides is 1. The van der Waals surface area contributed by atoms with Gasteiger partial charge >= 0.3 is 5.97 Å². The van der Waals surface area contributed by atoms with E-state index >= 15 is 0 Å². The predicted octanol–water partition coefficient (Wildman–Crippen LogP) is 5.46. The van der Waals surface area contributed by atoms with Crippen molar-refractivity contribution in [1.82, 2.24) is 0 Å². The van der Waals surface area contributed by atoms with Crippen molar-refractivity contribution in [2.24, 2.45) is 0 Å². The molecule has 0 fully saturated rings. The molecule has 1 N–H and O–H groups in total. The molecule has 0 radical (unpaired) electrons. The lowest BCUT2D eigenvalue weighted by molar-refractivity contribution is -0.114. The molecular formula is C28H31ClN2O7S. The Morgan fingerprint density at radius 3 is 2.23 bits per heavy atom. The van der Waals surface area contributed by atoms with Crippen LogP contribution in [0, 0.1) is 6.92 Å². The number of unbranched alkanes of at least 4 members (excludes halogenated alkanes) is 1. The SMILES string of the molecule is CCCCOC(=O)c1ccc(NC(=O)CN(c2ccc(OC)c(Cl)c2)S(=O)(=O)c2cc(C)ccc2OC)cc1. The van der Waals surface area contributed by atoms with E-state index in [9.17, 15) is 18.0 Å². The van der Waals surface area contributed by atoms with Gasteiger partial charge in [0.15, 0.2) is 0 Å². The summed E-state index contributed by atoms with van der Waals surface area (Å²) in [6.45, 7) is 3.52. The van der Waals surface area contributed by atoms with E-state index in [0.29, 0.717) is 29.2 Å². The van der Waals surface area contributed by atoms with Gasteiger partial charge in [0.05, 0.1) is 37.1 Å². The van der Waals surface area contributed by atoms with E-state index in [4.69, 9.17) is 25.8 Å². The van der Waals surface area contributed by atoms with E-state index in [2.05, 4.69) is 5.32 Å². The summed E-state index contributed by atoms with van der Waals surface area (Å²) in [6, 6.07) is 15.3. The van der Waals surface area contributed by atoms with E-state index < -0.39 is 28.4 Å². The zero-order valence-electron chi connectivity index (χ0n) is 22.2. The van der Waals surface area contributed by atoms with Crippen molar-refractivity contribution in [3.8, 4) is 11.5 Å². The summed E-state index contributed by atoms with van der Waals surface area (Å²) in [4.78, 5) is 25.1. The summed E-state index contributed by atoms with van der Waals surface area (Å²) in [5, 5.41) is 2.85. The van der Waals surface area contributed by atoms with E-state index in [1.165, 1.54) is 50.6 Å². The third-order valence-corrected chi connectivity index (χ3v) is 7.82. The predicted molar refractivity (Wildman–Crippen MR) is 151 cm³/mol. The number of rotatable bonds is 12. The van der Waals surface area contributed by atoms with Crippen LogP contribution in [0.25, 0.3) is 0 Å². The number of esters is 1. The Hall–Kier alpha value is -3.76. The van der Waals surface area contributed by atoms with Crippen molar-refractivity contribution in [2.75, 3.05) is 37.0 Å². The highest BCUT2D eigenvalue weighted by Crippen LogP contribution is 2.34. The maximum absolute atomic E-state index is 13.9. The van der Waals surface area contributed by atoms with Gasteiger partial charge < -0.3 is 19.5 Å². The maximum Gasteiger partial charge on any atom is 0.338 e. The maximum atomic E-state index is 13.9. The van der Waals surface area contributed by atoms with Crippen molar-refractivity contribution in [2.45, 2.75) is 31.6 Å². The Labute approximate surface area is 233 Å². The lowest BCUT2D eigenvalue weighted by atomic mass is 10.2. The lowest BCUT2D eigenvalue weighted by Crippen LogP contribution is -2.38. The first-order chi connectivity index (χ1) is 18.6. The number of sulfonamides is 1. The molecule has 0 heterocycles. The number of carbonyl (C=O) groups is 2. The highest BCUT2D eigenvalue weighted by molar-refractivity contribution is 7.93. The topological polar surface area (TPSA) is 111 Å². The molecule has 39 heavy (non-hydrogen) atoms. The van der Waals surface area contributed by atoms with Gasteiger partial charge in [0.25, 0.3) is 10.0 Å². The Morgan fingerprint density at radius 1 is 0.949 bits per heavy atom. The summed E-state index contributed by atoms with van der Waals surface area (Å²) in [6.07, 6.45) is 1.68. The van der Waals surface area contributed by atoms with Crippen LogP contribution in [0.2, 0.25) is 5.02 Å². The van der Waals surface area contributed by atoms with Gasteiger partial charge in [-0.25, -0.2) is 13.2 Å². The first-order valence-electron chi connectivity index (χ1n) is 12.2. The molecule has 0 bridgehead atoms. The van der Waals surface area contributed by atoms with Gasteiger partial charge in [0.2, 0.25) is 5.91 Å². The van der Waals surface area contributed by atoms with Crippen LogP contribution < -0.4 is 19.1 Å². The van der Waals surface area contributed by atoms with Gasteiger partial charge in [-0.1, -0.05) is 31.0 Å². The van der Waals surface area contributed by atoms with Crippen molar-refractivity contribution in [1.29, 1.82) is 0 Å². The van der Waals surface area contributed by atoms with Crippen LogP contribution in [0.3, 0.4) is 0 Å². The molecule has 0 aromatic heterocycles. The monoisotopic (exact) mass is 574 g/mol. The van der Waals surface area contributed by atoms with E-state index in [0.717, 1.165) is 17.1 Å². The number of benzene rings is 3. The minimum absolute atomic E-state index is 0.101. The van der Waals surface area contributed by atoms with E-state index in [1.54, 1.807) is 31.2 Å². The molecule has 3 aromatic rings. The fourth-order valence-corrected chi connectivity index (χ4v) is 5.55. The zero-order chi connectivity index (χ0) is 28.6. The molecular weight excluding hydrogens is 544 g/mol. The molecule has 1 amide bonds. The smallest absolute Gasteiger partial charge is 0.338 e. The quantitative estimate of drug-likeness (QED) is 0.226. The average Bonchev–Trinajstić information content (AvgIpc) is 2.92. The molecule has 0 saturated carbocycles. The summed E-state index contributed by atoms with van der Waals surface area (Å²) in [5.41, 5.74) is 1.57. The Bertz CT molecular complexity index is 1430. The molecule has 9 nitrogen and oxygen atoms in total. The normalized spacial score (nSPS) is 11.0. The fourth-order valence-electron chi connectivity index (χ4n) is 3.64. The number of anilines is 2. The molecule has 0 aliphatic heterocycles. The summed E-state index contributed by atoms with van der Waals surface area (Å²) < 4.78 is 44.4. The number of halogens is 1. The summed E-state index contributed by atoms with van der Waals surface area (Å²) in [7, 11) is -1.47. The van der Waals surface area contributed by atoms with Crippen LogP contribution in [0.5, 0.6) is 11.5 Å². The fraction of sp³-hybridized carbons (Fsp3) is 0.286. The summed E-state index contributed by atoms with van der Waals surface area (Å²) >= 11 is 6.29. The largest absolute Gasteiger partial charge is 0.495 e. The van der Waals surface area contributed by atoms with Gasteiger partial charge in [-0.15, -0.1) is 0 Å². The average molecular weight is 575 g/mol. The minimum atomic E-state index is -4.29. The summed E-state index contributed by atoms with van der Waals surface area (Å²) in [5.74, 6) is -0.590. The van der Waals surface area contributed by atoms with Gasteiger partial charge in [-0.3, -0.25) is 9.10 Å². The van der Waals surface area contributed by atoms with Crippen molar-refractivity contribution in [3.05, 3.63) is 76.8 Å². The van der Waals surface area contributed by atoms with Crippen LogP contribution in [0.1, 0.15) is 35.7 Å². The number of hydrogen-bond acceptors (Lipinski definition) is 7. The van der Waals surface area contributed by atoms with Crippen LogP contribution >= 0.6 is 11.6 Å². The first kappa shape index (κ1) is 29.8. The third kappa shape index (κ3) is 7.42. The molecule has 3 aromatic carbocycles. The van der Waals surface area contributed by atoms with Gasteiger partial charge in [0, 0.05) is 5.69 Å². The van der Waals surface area contributed by atoms with Crippen LogP contribution in [-0.4, -0.2) is 47.7 Å². The van der Waals surface area contributed by atoms with Crippen molar-refractivity contribution in [3.63, 3.8) is 0 Å². The number of methoxy groups -OCH3 is 2. The number of ether oxygens (including phenoxy) is 3. The van der Waals surface area contributed by atoms with Crippen LogP contribution in [-0.2, 0) is 19.6 Å². The molecule has 11 heteroatoms. The number of nitrogens with one attached hydrogen (secondary N) is 1. The molecule has 3 rings (SSSR count). The third-order valence-electron chi connectivity index (χ3n) is 5.73. The molecule has 0 unspecified atom stereocenters. The molecule has 0 atom stereocenters. The zero-order valence-corrected chi connectivity index (χ0v) is 23.8. The minimum Gasteiger partial charge on any atom is -0.495 e. The van der Waals surface area contributed by atoms with Crippen LogP contribution in [0.15, 0.2) is 65.6 Å². The molecule has 0 aliphatic rings. The molecule has 0 saturated heterocycles. The Morgan fingerprint density at radius 2 is 1.62 bits per heavy atom. The number of hydrogen-bond donors (Lipinski definition) is 1. The number of nitrogens with zero attached hydrogens (tertiary/aromatic N) is 1. The van der Waals surface area contributed by atoms with Gasteiger partial charge in [-0.2, -0.15) is 0 Å². The molecule has 208 valence electrons. The Balaban J connectivity index is 1.90. The number of carbonyl (C=O) groups excluding carboxylic acids is 2. The molecule has 0 aliphatic carbocycles. The molecule has 0 spiro atoms. The van der Waals surface area contributed by atoms with Crippen LogP contribution in [0.4, 0.5) is 11.4 Å². The first-order valence-corrected chi connectivity index (χ1v) is 14.0. The highest BCUT2D eigenvalue weighted by Gasteiger charge is 2.31. The van der Waals surface area contributed by atoms with Crippen molar-refractivity contribution < 1.29 is 32.2 Å². The van der Waals surface area contributed by atoms with E-state index in [-0.39, 0.29) is 21.4 Å². The second kappa shape index (κ2) is 13.3. The van der Waals surface area contributed by atoms with Crippen molar-refractivity contribution >= 4 is 44.9 Å². The van der Waals surface area contributed by atoms with E-state index in [1.807, 2.05) is 6.92 Å². The Kier molecular flexibility index (Phi) is 10.2.